The first-order valence-corrected chi connectivity index (χ1v) is 11.1. The van der Waals surface area contributed by atoms with Gasteiger partial charge in [-0.15, -0.1) is 0 Å². The largest absolute Gasteiger partial charge is 0.493 e. The van der Waals surface area contributed by atoms with E-state index in [0.717, 1.165) is 35.0 Å². The normalized spacial score (nSPS) is 14.4. The molecule has 1 fully saturated rings. The number of hydrogen-bond donors (Lipinski definition) is 0. The number of benzene rings is 2. The molecule has 7 nitrogen and oxygen atoms in total. The van der Waals surface area contributed by atoms with Crippen molar-refractivity contribution >= 4 is 16.8 Å². The Morgan fingerprint density at radius 3 is 2.52 bits per heavy atom. The van der Waals surface area contributed by atoms with Gasteiger partial charge in [-0.2, -0.15) is 0 Å². The standard InChI is InChI=1S/C26H26N4O3/c1-32-24-8-7-18(15-25(24)33-2)23-16-21(20-5-3-4-6-22(20)28-23)26(31)29-12-9-19(10-13-29)30-14-11-27-17-30/h3-8,11,14-17,19H,9-10,12-13H2,1-2H3. The number of aromatic nitrogens is 3. The van der Waals surface area contributed by atoms with E-state index in [1.807, 2.05) is 66.0 Å². The van der Waals surface area contributed by atoms with E-state index in [4.69, 9.17) is 14.5 Å². The van der Waals surface area contributed by atoms with Crippen molar-refractivity contribution in [2.24, 2.45) is 0 Å². The lowest BCUT2D eigenvalue weighted by atomic mass is 10.0. The summed E-state index contributed by atoms with van der Waals surface area (Å²) in [7, 11) is 3.22. The maximum Gasteiger partial charge on any atom is 0.254 e. The fraction of sp³-hybridized carbons (Fsp3) is 0.269. The van der Waals surface area contributed by atoms with E-state index < -0.39 is 0 Å². The summed E-state index contributed by atoms with van der Waals surface area (Å²) in [6.07, 6.45) is 7.47. The number of ether oxygens (including phenoxy) is 2. The topological polar surface area (TPSA) is 69.5 Å². The zero-order valence-electron chi connectivity index (χ0n) is 18.8. The average molecular weight is 443 g/mol. The van der Waals surface area contributed by atoms with Crippen molar-refractivity contribution in [1.82, 2.24) is 19.4 Å². The van der Waals surface area contributed by atoms with Gasteiger partial charge in [-0.25, -0.2) is 9.97 Å². The first-order chi connectivity index (χ1) is 16.2. The zero-order valence-corrected chi connectivity index (χ0v) is 18.8. The van der Waals surface area contributed by atoms with Gasteiger partial charge in [0.05, 0.1) is 37.3 Å². The van der Waals surface area contributed by atoms with Crippen molar-refractivity contribution in [1.29, 1.82) is 0 Å². The van der Waals surface area contributed by atoms with Crippen LogP contribution in [0.25, 0.3) is 22.2 Å². The Bertz CT molecular complexity index is 1280. The lowest BCUT2D eigenvalue weighted by molar-refractivity contribution is 0.0696. The number of imidazole rings is 1. The first-order valence-electron chi connectivity index (χ1n) is 11.1. The molecule has 168 valence electrons. The van der Waals surface area contributed by atoms with E-state index in [1.165, 1.54) is 0 Å². The Kier molecular flexibility index (Phi) is 5.69. The van der Waals surface area contributed by atoms with Gasteiger partial charge < -0.3 is 18.9 Å². The molecular formula is C26H26N4O3. The van der Waals surface area contributed by atoms with Crippen LogP contribution in [0.4, 0.5) is 0 Å². The van der Waals surface area contributed by atoms with Crippen LogP contribution in [0.2, 0.25) is 0 Å². The number of hydrogen-bond acceptors (Lipinski definition) is 5. The molecule has 1 saturated heterocycles. The van der Waals surface area contributed by atoms with Gasteiger partial charge in [0.15, 0.2) is 11.5 Å². The number of carbonyl (C=O) groups excluding carboxylic acids is 1. The molecule has 0 aliphatic carbocycles. The van der Waals surface area contributed by atoms with E-state index in [9.17, 15) is 4.79 Å². The van der Waals surface area contributed by atoms with Crippen LogP contribution in [0, 0.1) is 0 Å². The molecule has 4 aromatic rings. The maximum absolute atomic E-state index is 13.6. The van der Waals surface area contributed by atoms with Crippen LogP contribution in [0.1, 0.15) is 29.2 Å². The SMILES string of the molecule is COc1ccc(-c2cc(C(=O)N3CCC(n4ccnc4)CC3)c3ccccc3n2)cc1OC. The van der Waals surface area contributed by atoms with E-state index in [1.54, 1.807) is 20.4 Å². The molecule has 0 unspecified atom stereocenters. The minimum Gasteiger partial charge on any atom is -0.493 e. The molecule has 0 N–H and O–H groups in total. The Labute approximate surface area is 192 Å². The quantitative estimate of drug-likeness (QED) is 0.452. The molecule has 1 amide bonds. The maximum atomic E-state index is 13.6. The number of fused-ring (bicyclic) bond motifs is 1. The number of nitrogens with zero attached hydrogens (tertiary/aromatic N) is 4. The Hall–Kier alpha value is -3.87. The molecule has 33 heavy (non-hydrogen) atoms. The Morgan fingerprint density at radius 1 is 1.00 bits per heavy atom. The Morgan fingerprint density at radius 2 is 1.79 bits per heavy atom. The van der Waals surface area contributed by atoms with Crippen LogP contribution in [0.3, 0.4) is 0 Å². The molecule has 0 spiro atoms. The van der Waals surface area contributed by atoms with Crippen LogP contribution in [-0.4, -0.2) is 52.7 Å². The van der Waals surface area contributed by atoms with Gasteiger partial charge in [-0.3, -0.25) is 4.79 Å². The van der Waals surface area contributed by atoms with Crippen LogP contribution >= 0.6 is 0 Å². The molecule has 3 heterocycles. The molecule has 0 radical (unpaired) electrons. The number of pyridine rings is 1. The molecule has 2 aromatic carbocycles. The highest BCUT2D eigenvalue weighted by molar-refractivity contribution is 6.07. The van der Waals surface area contributed by atoms with E-state index in [-0.39, 0.29) is 5.91 Å². The molecule has 1 aliphatic heterocycles. The van der Waals surface area contributed by atoms with Crippen molar-refractivity contribution in [3.05, 3.63) is 72.8 Å². The third-order valence-corrected chi connectivity index (χ3v) is 6.32. The Balaban J connectivity index is 1.48. The van der Waals surface area contributed by atoms with Crippen molar-refractivity contribution in [3.63, 3.8) is 0 Å². The highest BCUT2D eigenvalue weighted by Crippen LogP contribution is 2.34. The van der Waals surface area contributed by atoms with E-state index in [2.05, 4.69) is 9.55 Å². The lowest BCUT2D eigenvalue weighted by Crippen LogP contribution is -2.39. The van der Waals surface area contributed by atoms with Crippen LogP contribution < -0.4 is 9.47 Å². The summed E-state index contributed by atoms with van der Waals surface area (Å²) in [5, 5.41) is 0.864. The molecule has 1 aliphatic rings. The number of methoxy groups -OCH3 is 2. The number of para-hydroxylation sites is 1. The first kappa shape index (κ1) is 21.0. The molecule has 7 heteroatoms. The number of carbonyl (C=O) groups is 1. The van der Waals surface area contributed by atoms with Gasteiger partial charge in [0.1, 0.15) is 0 Å². The monoisotopic (exact) mass is 442 g/mol. The van der Waals surface area contributed by atoms with Gasteiger partial charge in [-0.1, -0.05) is 18.2 Å². The highest BCUT2D eigenvalue weighted by Gasteiger charge is 2.26. The fourth-order valence-corrected chi connectivity index (χ4v) is 4.52. The minimum absolute atomic E-state index is 0.0411. The summed E-state index contributed by atoms with van der Waals surface area (Å²) >= 11 is 0. The predicted molar refractivity (Wildman–Crippen MR) is 127 cm³/mol. The van der Waals surface area contributed by atoms with Crippen LogP contribution in [-0.2, 0) is 0 Å². The summed E-state index contributed by atoms with van der Waals surface area (Å²) < 4.78 is 13.0. The van der Waals surface area contributed by atoms with E-state index >= 15 is 0 Å². The number of likely N-dealkylation sites (tertiary alicyclic amines) is 1. The predicted octanol–water partition coefficient (Wildman–Crippen LogP) is 4.59. The van der Waals surface area contributed by atoms with Crippen molar-refractivity contribution in [2.45, 2.75) is 18.9 Å². The summed E-state index contributed by atoms with van der Waals surface area (Å²) in [4.78, 5) is 24.6. The summed E-state index contributed by atoms with van der Waals surface area (Å²) in [6, 6.07) is 15.8. The van der Waals surface area contributed by atoms with Crippen molar-refractivity contribution in [3.8, 4) is 22.8 Å². The highest BCUT2D eigenvalue weighted by atomic mass is 16.5. The van der Waals surface area contributed by atoms with Crippen molar-refractivity contribution in [2.75, 3.05) is 27.3 Å². The number of rotatable bonds is 5. The molecule has 0 atom stereocenters. The van der Waals surface area contributed by atoms with Gasteiger partial charge in [-0.05, 0) is 43.2 Å². The summed E-state index contributed by atoms with van der Waals surface area (Å²) in [5.41, 5.74) is 3.06. The van der Waals surface area contributed by atoms with Gasteiger partial charge in [0.2, 0.25) is 0 Å². The second-order valence-electron chi connectivity index (χ2n) is 8.18. The lowest BCUT2D eigenvalue weighted by Gasteiger charge is -2.33. The molecule has 0 bridgehead atoms. The zero-order chi connectivity index (χ0) is 22.8. The second-order valence-corrected chi connectivity index (χ2v) is 8.18. The molecular weight excluding hydrogens is 416 g/mol. The molecule has 0 saturated carbocycles. The fourth-order valence-electron chi connectivity index (χ4n) is 4.52. The third-order valence-electron chi connectivity index (χ3n) is 6.32. The average Bonchev–Trinajstić information content (AvgIpc) is 3.42. The smallest absolute Gasteiger partial charge is 0.254 e. The number of amides is 1. The van der Waals surface area contributed by atoms with Crippen molar-refractivity contribution < 1.29 is 14.3 Å². The minimum atomic E-state index is 0.0411. The van der Waals surface area contributed by atoms with Crippen LogP contribution in [0.5, 0.6) is 11.5 Å². The molecule has 5 rings (SSSR count). The van der Waals surface area contributed by atoms with Gasteiger partial charge in [0.25, 0.3) is 5.91 Å². The summed E-state index contributed by atoms with van der Waals surface area (Å²) in [5.74, 6) is 1.32. The second kappa shape index (κ2) is 8.94. The van der Waals surface area contributed by atoms with Crippen LogP contribution in [0.15, 0.2) is 67.3 Å². The van der Waals surface area contributed by atoms with Gasteiger partial charge in [0, 0.05) is 42.5 Å². The third kappa shape index (κ3) is 4.02. The molecule has 2 aromatic heterocycles. The van der Waals surface area contributed by atoms with Gasteiger partial charge >= 0.3 is 0 Å². The van der Waals surface area contributed by atoms with E-state index in [0.29, 0.717) is 36.2 Å². The number of piperidine rings is 1. The summed E-state index contributed by atoms with van der Waals surface area (Å²) in [6.45, 7) is 1.42.